The van der Waals surface area contributed by atoms with E-state index in [-0.39, 0.29) is 11.6 Å². The Balaban J connectivity index is 2.70. The minimum Gasteiger partial charge on any atom is -0.394 e. The third kappa shape index (κ3) is 4.59. The Kier molecular flexibility index (Phi) is 5.41. The number of nitrogens with one attached hydrogen (secondary N) is 1. The zero-order chi connectivity index (χ0) is 14.6. The lowest BCUT2D eigenvalue weighted by molar-refractivity contribution is 0.0938. The van der Waals surface area contributed by atoms with Gasteiger partial charge in [0.25, 0.3) is 5.91 Å². The molecule has 19 heavy (non-hydrogen) atoms. The van der Waals surface area contributed by atoms with E-state index in [4.69, 9.17) is 5.73 Å². The van der Waals surface area contributed by atoms with Gasteiger partial charge >= 0.3 is 0 Å². The van der Waals surface area contributed by atoms with Gasteiger partial charge in [0.05, 0.1) is 0 Å². The predicted octanol–water partition coefficient (Wildman–Crippen LogP) is 1.43. The number of amides is 1. The van der Waals surface area contributed by atoms with Crippen LogP contribution < -0.4 is 11.1 Å². The topological polar surface area (TPSA) is 72.2 Å². The fourth-order valence-electron chi connectivity index (χ4n) is 1.44. The van der Waals surface area contributed by atoms with Crippen LogP contribution in [0.15, 0.2) is 12.1 Å². The smallest absolute Gasteiger partial charge is 0.251 e. The molecule has 0 aliphatic carbocycles. The Morgan fingerprint density at radius 1 is 1.42 bits per heavy atom. The first-order valence-electron chi connectivity index (χ1n) is 5.66. The van der Waals surface area contributed by atoms with Crippen LogP contribution >= 0.6 is 0 Å². The molecule has 0 aromatic heterocycles. The zero-order valence-corrected chi connectivity index (χ0v) is 11.5. The van der Waals surface area contributed by atoms with Crippen LogP contribution in [0.2, 0.25) is 0 Å². The highest BCUT2D eigenvalue weighted by Crippen LogP contribution is 2.17. The van der Waals surface area contributed by atoms with Crippen molar-refractivity contribution in [2.24, 2.45) is 0 Å². The van der Waals surface area contributed by atoms with Crippen molar-refractivity contribution in [3.8, 4) is 0 Å². The molecule has 1 rings (SSSR count). The molecule has 1 aromatic carbocycles. The van der Waals surface area contributed by atoms with Gasteiger partial charge in [0.2, 0.25) is 0 Å². The first kappa shape index (κ1) is 15.6. The molecule has 0 heterocycles. The minimum atomic E-state index is -0.965. The van der Waals surface area contributed by atoms with Crippen molar-refractivity contribution < 1.29 is 17.8 Å². The third-order valence-electron chi connectivity index (χ3n) is 2.56. The molecule has 0 saturated carbocycles. The minimum absolute atomic E-state index is 0.131. The molecule has 2 unspecified atom stereocenters. The molecule has 1 aromatic rings. The molecule has 0 fully saturated rings. The molecule has 1 amide bonds. The molecule has 2 atom stereocenters. The fourth-order valence-corrected chi connectivity index (χ4v) is 2.12. The van der Waals surface area contributed by atoms with Crippen LogP contribution in [0, 0.1) is 11.6 Å². The highest BCUT2D eigenvalue weighted by molar-refractivity contribution is 7.84. The van der Waals surface area contributed by atoms with Crippen molar-refractivity contribution in [3.05, 3.63) is 29.3 Å². The lowest BCUT2D eigenvalue weighted by Crippen LogP contribution is -2.33. The standard InChI is InChI=1S/C12H16F2N2O2S/c1-7(3-4-19(2)18)16-12(17)8-5-9(13)11(15)10(14)6-8/h5-7H,3-4,15H2,1-2H3,(H,16,17). The number of carbonyl (C=O) groups excluding carboxylic acids is 1. The van der Waals surface area contributed by atoms with Crippen molar-refractivity contribution in [2.45, 2.75) is 19.4 Å². The van der Waals surface area contributed by atoms with Crippen LogP contribution in [-0.2, 0) is 10.8 Å². The molecule has 0 spiro atoms. The molecule has 0 radical (unpaired) electrons. The van der Waals surface area contributed by atoms with E-state index in [1.54, 1.807) is 13.2 Å². The highest BCUT2D eigenvalue weighted by atomic mass is 32.2. The number of rotatable bonds is 5. The molecular weight excluding hydrogens is 274 g/mol. The quantitative estimate of drug-likeness (QED) is 0.806. The Hall–Kier alpha value is -1.50. The molecule has 7 heteroatoms. The normalized spacial score (nSPS) is 13.9. The Labute approximate surface area is 112 Å². The fraction of sp³-hybridized carbons (Fsp3) is 0.417. The number of carbonyl (C=O) groups is 1. The second-order valence-corrected chi connectivity index (χ2v) is 5.85. The molecular formula is C12H16F2N2O2S. The van der Waals surface area contributed by atoms with Crippen LogP contribution in [0.25, 0.3) is 0 Å². The number of halogens is 2. The monoisotopic (exact) mass is 290 g/mol. The van der Waals surface area contributed by atoms with Crippen LogP contribution in [-0.4, -0.2) is 28.2 Å². The summed E-state index contributed by atoms with van der Waals surface area (Å²) in [4.78, 5) is 11.8. The number of hydrogen-bond acceptors (Lipinski definition) is 3. The van der Waals surface area contributed by atoms with E-state index >= 15 is 0 Å². The van der Waals surface area contributed by atoms with E-state index in [1.165, 1.54) is 0 Å². The predicted molar refractivity (Wildman–Crippen MR) is 71.2 cm³/mol. The van der Waals surface area contributed by atoms with Gasteiger partial charge < -0.3 is 11.1 Å². The maximum atomic E-state index is 13.2. The number of nitrogens with two attached hydrogens (primary N) is 1. The molecule has 0 bridgehead atoms. The van der Waals surface area contributed by atoms with Crippen molar-refractivity contribution in [3.63, 3.8) is 0 Å². The van der Waals surface area contributed by atoms with E-state index in [0.29, 0.717) is 12.2 Å². The van der Waals surface area contributed by atoms with Gasteiger partial charge in [0, 0.05) is 34.4 Å². The summed E-state index contributed by atoms with van der Waals surface area (Å²) < 4.78 is 37.3. The Morgan fingerprint density at radius 3 is 2.42 bits per heavy atom. The summed E-state index contributed by atoms with van der Waals surface area (Å²) >= 11 is 0. The second-order valence-electron chi connectivity index (χ2n) is 4.29. The van der Waals surface area contributed by atoms with Crippen LogP contribution in [0.3, 0.4) is 0 Å². The molecule has 4 nitrogen and oxygen atoms in total. The molecule has 0 saturated heterocycles. The summed E-state index contributed by atoms with van der Waals surface area (Å²) in [6.07, 6.45) is 2.09. The summed E-state index contributed by atoms with van der Waals surface area (Å²) in [5.41, 5.74) is 4.38. The lowest BCUT2D eigenvalue weighted by atomic mass is 10.1. The number of hydrogen-bond donors (Lipinski definition) is 2. The summed E-state index contributed by atoms with van der Waals surface area (Å²) in [7, 11) is -0.944. The van der Waals surface area contributed by atoms with E-state index in [9.17, 15) is 17.8 Å². The van der Waals surface area contributed by atoms with Gasteiger partial charge in [-0.15, -0.1) is 0 Å². The van der Waals surface area contributed by atoms with Gasteiger partial charge in [-0.2, -0.15) is 0 Å². The first-order valence-corrected chi connectivity index (χ1v) is 7.39. The highest BCUT2D eigenvalue weighted by Gasteiger charge is 2.15. The maximum Gasteiger partial charge on any atom is 0.251 e. The van der Waals surface area contributed by atoms with E-state index in [1.807, 2.05) is 0 Å². The lowest BCUT2D eigenvalue weighted by Gasteiger charge is -2.13. The average Bonchev–Trinajstić information content (AvgIpc) is 2.32. The van der Waals surface area contributed by atoms with Gasteiger partial charge in [-0.1, -0.05) is 0 Å². The van der Waals surface area contributed by atoms with Crippen molar-refractivity contribution in [1.29, 1.82) is 0 Å². The van der Waals surface area contributed by atoms with Gasteiger partial charge in [-0.3, -0.25) is 9.00 Å². The molecule has 106 valence electrons. The van der Waals surface area contributed by atoms with E-state index < -0.39 is 34.0 Å². The van der Waals surface area contributed by atoms with Crippen LogP contribution in [0.1, 0.15) is 23.7 Å². The number of anilines is 1. The zero-order valence-electron chi connectivity index (χ0n) is 10.7. The van der Waals surface area contributed by atoms with Crippen LogP contribution in [0.4, 0.5) is 14.5 Å². The summed E-state index contributed by atoms with van der Waals surface area (Å²) in [6.45, 7) is 1.73. The van der Waals surface area contributed by atoms with Gasteiger partial charge in [0.15, 0.2) is 0 Å². The SMILES string of the molecule is CC(CCS(C)=O)NC(=O)c1cc(F)c(N)c(F)c1. The van der Waals surface area contributed by atoms with Crippen molar-refractivity contribution >= 4 is 22.4 Å². The van der Waals surface area contributed by atoms with E-state index in [0.717, 1.165) is 12.1 Å². The summed E-state index contributed by atoms with van der Waals surface area (Å²) in [5, 5.41) is 2.58. The first-order chi connectivity index (χ1) is 8.81. The molecule has 0 aliphatic heterocycles. The Bertz CT molecular complexity index is 485. The Morgan fingerprint density at radius 2 is 1.95 bits per heavy atom. The van der Waals surface area contributed by atoms with E-state index in [2.05, 4.69) is 5.32 Å². The van der Waals surface area contributed by atoms with Crippen molar-refractivity contribution in [2.75, 3.05) is 17.7 Å². The third-order valence-corrected chi connectivity index (χ3v) is 3.37. The van der Waals surface area contributed by atoms with Crippen molar-refractivity contribution in [1.82, 2.24) is 5.32 Å². The second kappa shape index (κ2) is 6.60. The molecule has 3 N–H and O–H groups in total. The van der Waals surface area contributed by atoms with Gasteiger partial charge in [-0.05, 0) is 25.5 Å². The van der Waals surface area contributed by atoms with Crippen LogP contribution in [0.5, 0.6) is 0 Å². The molecule has 0 aliphatic rings. The number of benzene rings is 1. The summed E-state index contributed by atoms with van der Waals surface area (Å²) in [6, 6.07) is 1.54. The van der Waals surface area contributed by atoms with Gasteiger partial charge in [0.1, 0.15) is 17.3 Å². The largest absolute Gasteiger partial charge is 0.394 e. The summed E-state index contributed by atoms with van der Waals surface area (Å²) in [5.74, 6) is -2.07. The maximum absolute atomic E-state index is 13.2. The van der Waals surface area contributed by atoms with Gasteiger partial charge in [-0.25, -0.2) is 8.78 Å². The average molecular weight is 290 g/mol. The number of nitrogen functional groups attached to an aromatic ring is 1.